The van der Waals surface area contributed by atoms with Crippen LogP contribution < -0.4 is 5.32 Å². The molecular formula is C27H37N3O2. The molecule has 5 nitrogen and oxygen atoms in total. The molecule has 32 heavy (non-hydrogen) atoms. The summed E-state index contributed by atoms with van der Waals surface area (Å²) in [5, 5.41) is 3.15. The van der Waals surface area contributed by atoms with Crippen LogP contribution in [0.5, 0.6) is 0 Å². The summed E-state index contributed by atoms with van der Waals surface area (Å²) in [5.41, 5.74) is 2.79. The molecule has 2 aromatic rings. The van der Waals surface area contributed by atoms with Crippen molar-refractivity contribution < 1.29 is 9.59 Å². The maximum Gasteiger partial charge on any atom is 0.226 e. The molecule has 3 rings (SSSR count). The summed E-state index contributed by atoms with van der Waals surface area (Å²) in [5.74, 6) is 0.305. The van der Waals surface area contributed by atoms with Crippen molar-refractivity contribution in [1.82, 2.24) is 15.2 Å². The molecule has 1 fully saturated rings. The zero-order valence-corrected chi connectivity index (χ0v) is 20.0. The van der Waals surface area contributed by atoms with E-state index in [-0.39, 0.29) is 17.2 Å². The molecule has 2 amide bonds. The number of piperidine rings is 1. The fraction of sp³-hybridized carbons (Fsp3) is 0.519. The molecule has 0 unspecified atom stereocenters. The quantitative estimate of drug-likeness (QED) is 0.675. The van der Waals surface area contributed by atoms with Crippen molar-refractivity contribution in [1.29, 1.82) is 0 Å². The van der Waals surface area contributed by atoms with E-state index in [1.54, 1.807) is 6.20 Å². The lowest BCUT2D eigenvalue weighted by molar-refractivity contribution is -0.141. The monoisotopic (exact) mass is 435 g/mol. The van der Waals surface area contributed by atoms with Crippen LogP contribution in [0.1, 0.15) is 58.9 Å². The number of amides is 2. The summed E-state index contributed by atoms with van der Waals surface area (Å²) in [4.78, 5) is 32.4. The van der Waals surface area contributed by atoms with E-state index >= 15 is 0 Å². The normalized spacial score (nSPS) is 15.9. The highest BCUT2D eigenvalue weighted by Gasteiger charge is 2.42. The third kappa shape index (κ3) is 5.96. The molecule has 1 saturated heterocycles. The molecule has 1 aliphatic heterocycles. The Morgan fingerprint density at radius 1 is 1.09 bits per heavy atom. The van der Waals surface area contributed by atoms with Crippen LogP contribution >= 0.6 is 0 Å². The van der Waals surface area contributed by atoms with Gasteiger partial charge in [0, 0.05) is 44.0 Å². The molecule has 172 valence electrons. The second kappa shape index (κ2) is 10.3. The van der Waals surface area contributed by atoms with E-state index in [1.807, 2.05) is 29.3 Å². The van der Waals surface area contributed by atoms with Crippen LogP contribution in [0.3, 0.4) is 0 Å². The van der Waals surface area contributed by atoms with Gasteiger partial charge in [-0.25, -0.2) is 0 Å². The van der Waals surface area contributed by atoms with Gasteiger partial charge in [-0.15, -0.1) is 0 Å². The largest absolute Gasteiger partial charge is 0.356 e. The van der Waals surface area contributed by atoms with Crippen LogP contribution in [0, 0.1) is 10.8 Å². The minimum atomic E-state index is -0.508. The summed E-state index contributed by atoms with van der Waals surface area (Å²) in [6.45, 7) is 10.3. The first-order valence-electron chi connectivity index (χ1n) is 11.8. The summed E-state index contributed by atoms with van der Waals surface area (Å²) in [6, 6.07) is 12.3. The summed E-state index contributed by atoms with van der Waals surface area (Å²) in [6.07, 6.45) is 7.11. The SMILES string of the molecule is CCCNC(=O)C1(Cc2ccccc2-c2cccnc2)CCN(C(=O)CC(C)(C)C)CC1. The fourth-order valence-corrected chi connectivity index (χ4v) is 4.50. The Balaban J connectivity index is 1.84. The maximum absolute atomic E-state index is 13.4. The Hall–Kier alpha value is -2.69. The van der Waals surface area contributed by atoms with Crippen molar-refractivity contribution >= 4 is 11.8 Å². The number of hydrogen-bond acceptors (Lipinski definition) is 3. The lowest BCUT2D eigenvalue weighted by atomic mass is 9.71. The molecule has 2 heterocycles. The fourth-order valence-electron chi connectivity index (χ4n) is 4.50. The number of carbonyl (C=O) groups is 2. The van der Waals surface area contributed by atoms with Crippen molar-refractivity contribution in [3.05, 3.63) is 54.4 Å². The molecule has 1 aromatic heterocycles. The van der Waals surface area contributed by atoms with Crippen molar-refractivity contribution in [3.8, 4) is 11.1 Å². The van der Waals surface area contributed by atoms with Crippen LogP contribution in [0.4, 0.5) is 0 Å². The Bertz CT molecular complexity index is 910. The van der Waals surface area contributed by atoms with Gasteiger partial charge in [0.05, 0.1) is 5.41 Å². The molecule has 5 heteroatoms. The average Bonchev–Trinajstić information content (AvgIpc) is 2.77. The Morgan fingerprint density at radius 2 is 1.81 bits per heavy atom. The highest BCUT2D eigenvalue weighted by molar-refractivity contribution is 5.84. The van der Waals surface area contributed by atoms with E-state index < -0.39 is 5.41 Å². The van der Waals surface area contributed by atoms with E-state index in [0.29, 0.717) is 45.3 Å². The predicted molar refractivity (Wildman–Crippen MR) is 129 cm³/mol. The van der Waals surface area contributed by atoms with Crippen molar-refractivity contribution in [2.24, 2.45) is 10.8 Å². The smallest absolute Gasteiger partial charge is 0.226 e. The van der Waals surface area contributed by atoms with Gasteiger partial charge in [0.1, 0.15) is 0 Å². The van der Waals surface area contributed by atoms with Gasteiger partial charge in [-0.2, -0.15) is 0 Å². The minimum absolute atomic E-state index is 0.0349. The molecule has 0 spiro atoms. The molecule has 0 aliphatic carbocycles. The molecule has 1 aromatic carbocycles. The lowest BCUT2D eigenvalue weighted by Crippen LogP contribution is -2.51. The number of likely N-dealkylation sites (tertiary alicyclic amines) is 1. The van der Waals surface area contributed by atoms with Crippen LogP contribution in [0.2, 0.25) is 0 Å². The van der Waals surface area contributed by atoms with Gasteiger partial charge < -0.3 is 10.2 Å². The molecule has 0 saturated carbocycles. The van der Waals surface area contributed by atoms with Gasteiger partial charge in [0.25, 0.3) is 0 Å². The third-order valence-corrected chi connectivity index (χ3v) is 6.29. The first-order valence-corrected chi connectivity index (χ1v) is 11.8. The van der Waals surface area contributed by atoms with Crippen molar-refractivity contribution in [2.75, 3.05) is 19.6 Å². The molecule has 0 bridgehead atoms. The number of hydrogen-bond donors (Lipinski definition) is 1. The maximum atomic E-state index is 13.4. The minimum Gasteiger partial charge on any atom is -0.356 e. The number of nitrogens with zero attached hydrogens (tertiary/aromatic N) is 2. The van der Waals surface area contributed by atoms with Crippen LogP contribution in [-0.4, -0.2) is 41.3 Å². The van der Waals surface area contributed by atoms with Gasteiger partial charge in [-0.3, -0.25) is 14.6 Å². The molecule has 1 N–H and O–H groups in total. The zero-order valence-electron chi connectivity index (χ0n) is 20.0. The zero-order chi connectivity index (χ0) is 23.2. The van der Waals surface area contributed by atoms with E-state index in [1.165, 1.54) is 0 Å². The highest BCUT2D eigenvalue weighted by atomic mass is 16.2. The molecular weight excluding hydrogens is 398 g/mol. The van der Waals surface area contributed by atoms with E-state index in [0.717, 1.165) is 23.1 Å². The highest BCUT2D eigenvalue weighted by Crippen LogP contribution is 2.38. The second-order valence-corrected chi connectivity index (χ2v) is 10.2. The summed E-state index contributed by atoms with van der Waals surface area (Å²) < 4.78 is 0. The van der Waals surface area contributed by atoms with Gasteiger partial charge in [-0.1, -0.05) is 58.0 Å². The van der Waals surface area contributed by atoms with Gasteiger partial charge in [0.15, 0.2) is 0 Å². The number of benzene rings is 1. The number of pyridine rings is 1. The van der Waals surface area contributed by atoms with Gasteiger partial charge >= 0.3 is 0 Å². The molecule has 0 radical (unpaired) electrons. The van der Waals surface area contributed by atoms with Crippen LogP contribution in [-0.2, 0) is 16.0 Å². The molecule has 1 aliphatic rings. The predicted octanol–water partition coefficient (Wildman–Crippen LogP) is 4.86. The van der Waals surface area contributed by atoms with E-state index in [2.05, 4.69) is 56.2 Å². The van der Waals surface area contributed by atoms with E-state index in [9.17, 15) is 9.59 Å². The number of rotatable bonds is 7. The van der Waals surface area contributed by atoms with Crippen LogP contribution in [0.15, 0.2) is 48.8 Å². The second-order valence-electron chi connectivity index (χ2n) is 10.2. The lowest BCUT2D eigenvalue weighted by Gasteiger charge is -2.41. The van der Waals surface area contributed by atoms with E-state index in [4.69, 9.17) is 0 Å². The van der Waals surface area contributed by atoms with Crippen molar-refractivity contribution in [3.63, 3.8) is 0 Å². The topological polar surface area (TPSA) is 62.3 Å². The number of aromatic nitrogens is 1. The third-order valence-electron chi connectivity index (χ3n) is 6.29. The summed E-state index contributed by atoms with van der Waals surface area (Å²) >= 11 is 0. The number of nitrogens with one attached hydrogen (secondary N) is 1. The van der Waals surface area contributed by atoms with Gasteiger partial charge in [0.2, 0.25) is 11.8 Å². The van der Waals surface area contributed by atoms with Crippen LogP contribution in [0.25, 0.3) is 11.1 Å². The first-order chi connectivity index (χ1) is 15.2. The van der Waals surface area contributed by atoms with Crippen molar-refractivity contribution in [2.45, 2.75) is 59.8 Å². The standard InChI is InChI=1S/C27H37N3O2/c1-5-14-29-25(32)27(12-16-30(17-13-27)24(31)19-26(2,3)4)18-21-9-6-7-11-23(21)22-10-8-15-28-20-22/h6-11,15,20H,5,12-14,16-19H2,1-4H3,(H,29,32). The Labute approximate surface area is 192 Å². The first kappa shape index (κ1) is 24.0. The number of carbonyl (C=O) groups excluding carboxylic acids is 2. The average molecular weight is 436 g/mol. The molecule has 0 atom stereocenters. The Morgan fingerprint density at radius 3 is 2.44 bits per heavy atom. The summed E-state index contributed by atoms with van der Waals surface area (Å²) in [7, 11) is 0. The van der Waals surface area contributed by atoms with Gasteiger partial charge in [-0.05, 0) is 48.3 Å². The Kier molecular flexibility index (Phi) is 7.70.